The predicted octanol–water partition coefficient (Wildman–Crippen LogP) is 3.12. The lowest BCUT2D eigenvalue weighted by molar-refractivity contribution is -0.142. The van der Waals surface area contributed by atoms with Crippen molar-refractivity contribution in [2.45, 2.75) is 6.18 Å². The molecule has 2 aromatic heterocycles. The fourth-order valence-corrected chi connectivity index (χ4v) is 1.70. The van der Waals surface area contributed by atoms with Gasteiger partial charge in [0.2, 0.25) is 0 Å². The van der Waals surface area contributed by atoms with E-state index in [0.717, 1.165) is 10.5 Å². The third-order valence-corrected chi connectivity index (χ3v) is 2.34. The smallest absolute Gasteiger partial charge is 0.282 e. The van der Waals surface area contributed by atoms with Gasteiger partial charge in [0.15, 0.2) is 0 Å². The molecule has 0 aliphatic rings. The van der Waals surface area contributed by atoms with Crippen LogP contribution in [0.3, 0.4) is 0 Å². The number of fused-ring (bicyclic) bond motifs is 1. The maximum atomic E-state index is 12.5. The van der Waals surface area contributed by atoms with Gasteiger partial charge in [0.25, 0.3) is 0 Å². The molecule has 2 nitrogen and oxygen atoms in total. The molecule has 0 unspecified atom stereocenters. The highest BCUT2D eigenvalue weighted by atomic mass is 79.9. The first kappa shape index (κ1) is 9.51. The number of aromatic nitrogens is 2. The van der Waals surface area contributed by atoms with E-state index < -0.39 is 11.9 Å². The zero-order chi connectivity index (χ0) is 10.3. The Morgan fingerprint density at radius 2 is 2.00 bits per heavy atom. The van der Waals surface area contributed by atoms with Gasteiger partial charge in [0.1, 0.15) is 15.9 Å². The quantitative estimate of drug-likeness (QED) is 0.715. The third kappa shape index (κ3) is 1.39. The molecule has 2 rings (SSSR count). The molecule has 0 fully saturated rings. The van der Waals surface area contributed by atoms with Crippen LogP contribution in [0.15, 0.2) is 29.0 Å². The van der Waals surface area contributed by atoms with Crippen molar-refractivity contribution in [2.24, 2.45) is 0 Å². The van der Waals surface area contributed by atoms with E-state index in [2.05, 4.69) is 20.9 Å². The van der Waals surface area contributed by atoms with E-state index in [9.17, 15) is 13.2 Å². The summed E-state index contributed by atoms with van der Waals surface area (Å²) in [7, 11) is 0. The van der Waals surface area contributed by atoms with E-state index in [1.807, 2.05) is 0 Å². The van der Waals surface area contributed by atoms with Crippen LogP contribution in [0, 0.1) is 0 Å². The van der Waals surface area contributed by atoms with Crippen molar-refractivity contribution < 1.29 is 13.2 Å². The Kier molecular flexibility index (Phi) is 2.02. The van der Waals surface area contributed by atoms with E-state index in [1.54, 1.807) is 0 Å². The average Bonchev–Trinajstić information content (AvgIpc) is 2.46. The van der Waals surface area contributed by atoms with Crippen LogP contribution < -0.4 is 0 Å². The molecule has 0 aliphatic heterocycles. The average molecular weight is 265 g/mol. The Morgan fingerprint density at radius 3 is 2.64 bits per heavy atom. The minimum absolute atomic E-state index is 0.270. The molecule has 0 saturated carbocycles. The first-order valence-corrected chi connectivity index (χ1v) is 4.48. The maximum absolute atomic E-state index is 12.5. The number of hydrogen-bond acceptors (Lipinski definition) is 1. The molecule has 0 aromatic carbocycles. The monoisotopic (exact) mass is 264 g/mol. The summed E-state index contributed by atoms with van der Waals surface area (Å²) in [6.07, 6.45) is -3.03. The highest BCUT2D eigenvalue weighted by molar-refractivity contribution is 9.10. The largest absolute Gasteiger partial charge is 0.431 e. The van der Waals surface area contributed by atoms with Gasteiger partial charge in [-0.25, -0.2) is 4.98 Å². The van der Waals surface area contributed by atoms with Crippen molar-refractivity contribution in [1.82, 2.24) is 9.38 Å². The standard InChI is InChI=1S/C8H4BrF3N2/c9-6-4-13-7-3-1-2-5(14(6)7)8(10,11)12/h1-4H. The van der Waals surface area contributed by atoms with Crippen LogP contribution in [0.25, 0.3) is 5.65 Å². The first-order chi connectivity index (χ1) is 6.50. The molecule has 0 spiro atoms. The molecule has 0 amide bonds. The Balaban J connectivity index is 2.82. The zero-order valence-corrected chi connectivity index (χ0v) is 8.30. The van der Waals surface area contributed by atoms with Crippen LogP contribution in [-0.4, -0.2) is 9.38 Å². The van der Waals surface area contributed by atoms with E-state index in [0.29, 0.717) is 4.60 Å². The van der Waals surface area contributed by atoms with E-state index >= 15 is 0 Å². The van der Waals surface area contributed by atoms with Crippen molar-refractivity contribution >= 4 is 21.6 Å². The van der Waals surface area contributed by atoms with Gasteiger partial charge in [0.05, 0.1) is 6.20 Å². The number of pyridine rings is 1. The molecule has 0 atom stereocenters. The van der Waals surface area contributed by atoms with Crippen LogP contribution in [0.1, 0.15) is 5.69 Å². The fourth-order valence-electron chi connectivity index (χ4n) is 1.22. The highest BCUT2D eigenvalue weighted by Crippen LogP contribution is 2.31. The molecule has 0 radical (unpaired) electrons. The van der Waals surface area contributed by atoms with Crippen molar-refractivity contribution in [1.29, 1.82) is 0 Å². The van der Waals surface area contributed by atoms with Gasteiger partial charge in [-0.3, -0.25) is 4.40 Å². The van der Waals surface area contributed by atoms with Gasteiger partial charge in [-0.1, -0.05) is 6.07 Å². The maximum Gasteiger partial charge on any atom is 0.431 e. The first-order valence-electron chi connectivity index (χ1n) is 3.69. The molecular formula is C8H4BrF3N2. The van der Waals surface area contributed by atoms with E-state index in [1.165, 1.54) is 18.3 Å². The number of nitrogens with zero attached hydrogens (tertiary/aromatic N) is 2. The Morgan fingerprint density at radius 1 is 1.29 bits per heavy atom. The molecule has 0 bridgehead atoms. The van der Waals surface area contributed by atoms with Crippen molar-refractivity contribution in [3.63, 3.8) is 0 Å². The summed E-state index contributed by atoms with van der Waals surface area (Å²) in [6.45, 7) is 0. The molecule has 2 heterocycles. The normalized spacial score (nSPS) is 12.3. The van der Waals surface area contributed by atoms with Crippen LogP contribution in [0.2, 0.25) is 0 Å². The SMILES string of the molecule is FC(F)(F)c1cccc2ncc(Br)n12. The van der Waals surface area contributed by atoms with Crippen molar-refractivity contribution in [3.8, 4) is 0 Å². The van der Waals surface area contributed by atoms with Crippen LogP contribution >= 0.6 is 15.9 Å². The summed E-state index contributed by atoms with van der Waals surface area (Å²) in [6, 6.07) is 3.86. The van der Waals surface area contributed by atoms with Crippen LogP contribution in [-0.2, 0) is 6.18 Å². The Labute approximate surface area is 85.5 Å². The summed E-state index contributed by atoms with van der Waals surface area (Å²) < 4.78 is 38.8. The van der Waals surface area contributed by atoms with Gasteiger partial charge in [-0.2, -0.15) is 13.2 Å². The van der Waals surface area contributed by atoms with E-state index in [4.69, 9.17) is 0 Å². The highest BCUT2D eigenvalue weighted by Gasteiger charge is 2.33. The lowest BCUT2D eigenvalue weighted by Crippen LogP contribution is -2.11. The van der Waals surface area contributed by atoms with Crippen molar-refractivity contribution in [2.75, 3.05) is 0 Å². The third-order valence-electron chi connectivity index (χ3n) is 1.78. The second-order valence-corrected chi connectivity index (χ2v) is 3.50. The van der Waals surface area contributed by atoms with Gasteiger partial charge in [-0.15, -0.1) is 0 Å². The molecule has 6 heteroatoms. The summed E-state index contributed by atoms with van der Waals surface area (Å²) >= 11 is 3.01. The lowest BCUT2D eigenvalue weighted by Gasteiger charge is -2.09. The Bertz CT molecular complexity index is 475. The summed E-state index contributed by atoms with van der Waals surface area (Å²) in [5, 5.41) is 0. The van der Waals surface area contributed by atoms with Crippen LogP contribution in [0.4, 0.5) is 13.2 Å². The number of imidazole rings is 1. The Hall–Kier alpha value is -1.04. The second-order valence-electron chi connectivity index (χ2n) is 2.68. The topological polar surface area (TPSA) is 17.3 Å². The van der Waals surface area contributed by atoms with Gasteiger partial charge < -0.3 is 0 Å². The molecule has 14 heavy (non-hydrogen) atoms. The number of alkyl halides is 3. The predicted molar refractivity (Wildman–Crippen MR) is 47.9 cm³/mol. The summed E-state index contributed by atoms with van der Waals surface area (Å²) in [5.74, 6) is 0. The molecule has 0 N–H and O–H groups in total. The lowest BCUT2D eigenvalue weighted by atomic mass is 10.3. The van der Waals surface area contributed by atoms with Gasteiger partial charge in [0, 0.05) is 0 Å². The zero-order valence-electron chi connectivity index (χ0n) is 6.72. The van der Waals surface area contributed by atoms with Crippen molar-refractivity contribution in [3.05, 3.63) is 34.7 Å². The summed E-state index contributed by atoms with van der Waals surface area (Å²) in [5.41, 5.74) is -0.467. The fraction of sp³-hybridized carbons (Fsp3) is 0.125. The number of halogens is 4. The molecule has 0 aliphatic carbocycles. The second kappa shape index (κ2) is 2.98. The number of rotatable bonds is 0. The van der Waals surface area contributed by atoms with Gasteiger partial charge >= 0.3 is 6.18 Å². The molecular weight excluding hydrogens is 261 g/mol. The number of hydrogen-bond donors (Lipinski definition) is 0. The minimum Gasteiger partial charge on any atom is -0.282 e. The molecule has 0 saturated heterocycles. The van der Waals surface area contributed by atoms with Crippen LogP contribution in [0.5, 0.6) is 0 Å². The molecule has 2 aromatic rings. The van der Waals surface area contributed by atoms with Gasteiger partial charge in [-0.05, 0) is 28.1 Å². The van der Waals surface area contributed by atoms with E-state index in [-0.39, 0.29) is 5.65 Å². The minimum atomic E-state index is -4.37. The summed E-state index contributed by atoms with van der Waals surface area (Å²) in [4.78, 5) is 3.81. The molecule has 74 valence electrons.